The standard InChI is InChI=1S/C15H16ClNO2/c1-17(15(18)9-16)10-11-3-4-13-8-14(19-2)6-5-12(13)7-11/h3-8H,9-10H2,1-2H3. The average Bonchev–Trinajstić information content (AvgIpc) is 2.45. The molecule has 19 heavy (non-hydrogen) atoms. The van der Waals surface area contributed by atoms with Crippen LogP contribution >= 0.6 is 11.6 Å². The van der Waals surface area contributed by atoms with E-state index in [9.17, 15) is 4.79 Å². The molecule has 0 bridgehead atoms. The number of nitrogens with zero attached hydrogens (tertiary/aromatic N) is 1. The molecule has 0 aliphatic heterocycles. The van der Waals surface area contributed by atoms with Crippen LogP contribution in [-0.2, 0) is 11.3 Å². The van der Waals surface area contributed by atoms with Gasteiger partial charge in [-0.3, -0.25) is 4.79 Å². The highest BCUT2D eigenvalue weighted by Gasteiger charge is 2.07. The fraction of sp³-hybridized carbons (Fsp3) is 0.267. The predicted molar refractivity (Wildman–Crippen MR) is 77.7 cm³/mol. The van der Waals surface area contributed by atoms with Crippen LogP contribution in [0.5, 0.6) is 5.75 Å². The maximum Gasteiger partial charge on any atom is 0.237 e. The van der Waals surface area contributed by atoms with E-state index < -0.39 is 0 Å². The molecule has 0 aliphatic rings. The van der Waals surface area contributed by atoms with Gasteiger partial charge in [-0.25, -0.2) is 0 Å². The van der Waals surface area contributed by atoms with Crippen LogP contribution in [-0.4, -0.2) is 30.8 Å². The Bertz CT molecular complexity index is 598. The Morgan fingerprint density at radius 1 is 1.21 bits per heavy atom. The molecule has 1 amide bonds. The average molecular weight is 278 g/mol. The number of alkyl halides is 1. The normalized spacial score (nSPS) is 10.5. The first kappa shape index (κ1) is 13.7. The van der Waals surface area contributed by atoms with Crippen molar-refractivity contribution in [1.82, 2.24) is 4.90 Å². The Labute approximate surface area is 117 Å². The number of rotatable bonds is 4. The van der Waals surface area contributed by atoms with E-state index >= 15 is 0 Å². The van der Waals surface area contributed by atoms with Gasteiger partial charge in [-0.1, -0.05) is 18.2 Å². The molecule has 3 nitrogen and oxygen atoms in total. The minimum absolute atomic E-state index is 0.0152. The number of carbonyl (C=O) groups excluding carboxylic acids is 1. The Kier molecular flexibility index (Phi) is 4.27. The fourth-order valence-corrected chi connectivity index (χ4v) is 2.17. The molecule has 2 rings (SSSR count). The summed E-state index contributed by atoms with van der Waals surface area (Å²) in [5, 5.41) is 2.25. The second-order valence-electron chi connectivity index (χ2n) is 4.43. The fourth-order valence-electron chi connectivity index (χ4n) is 1.96. The van der Waals surface area contributed by atoms with Gasteiger partial charge in [0.2, 0.25) is 5.91 Å². The molecule has 0 spiro atoms. The second-order valence-corrected chi connectivity index (χ2v) is 4.70. The molecule has 0 fully saturated rings. The van der Waals surface area contributed by atoms with Crippen molar-refractivity contribution >= 4 is 28.3 Å². The Hall–Kier alpha value is -1.74. The number of hydrogen-bond donors (Lipinski definition) is 0. The molecule has 0 saturated carbocycles. The number of benzene rings is 2. The topological polar surface area (TPSA) is 29.5 Å². The Balaban J connectivity index is 2.24. The van der Waals surface area contributed by atoms with Gasteiger partial charge in [0.05, 0.1) is 7.11 Å². The van der Waals surface area contributed by atoms with E-state index in [0.717, 1.165) is 22.1 Å². The SMILES string of the molecule is COc1ccc2cc(CN(C)C(=O)CCl)ccc2c1. The lowest BCUT2D eigenvalue weighted by molar-refractivity contribution is -0.127. The van der Waals surface area contributed by atoms with E-state index in [2.05, 4.69) is 6.07 Å². The summed E-state index contributed by atoms with van der Waals surface area (Å²) >= 11 is 5.54. The van der Waals surface area contributed by atoms with E-state index in [1.807, 2.05) is 30.3 Å². The van der Waals surface area contributed by atoms with Gasteiger partial charge >= 0.3 is 0 Å². The molecule has 2 aromatic carbocycles. The summed E-state index contributed by atoms with van der Waals surface area (Å²) in [6.07, 6.45) is 0. The summed E-state index contributed by atoms with van der Waals surface area (Å²) in [5.41, 5.74) is 1.08. The number of fused-ring (bicyclic) bond motifs is 1. The van der Waals surface area contributed by atoms with Crippen molar-refractivity contribution in [2.24, 2.45) is 0 Å². The molecule has 0 atom stereocenters. The molecule has 0 aliphatic carbocycles. The quantitative estimate of drug-likeness (QED) is 0.804. The summed E-state index contributed by atoms with van der Waals surface area (Å²) in [6.45, 7) is 0.563. The molecular weight excluding hydrogens is 262 g/mol. The smallest absolute Gasteiger partial charge is 0.237 e. The first-order valence-corrected chi connectivity index (χ1v) is 6.54. The van der Waals surface area contributed by atoms with Gasteiger partial charge in [-0.15, -0.1) is 11.6 Å². The second kappa shape index (κ2) is 5.93. The number of hydrogen-bond acceptors (Lipinski definition) is 2. The number of methoxy groups -OCH3 is 1. The van der Waals surface area contributed by atoms with Crippen molar-refractivity contribution in [3.05, 3.63) is 42.0 Å². The van der Waals surface area contributed by atoms with Gasteiger partial charge in [-0.2, -0.15) is 0 Å². The van der Waals surface area contributed by atoms with E-state index in [0.29, 0.717) is 6.54 Å². The predicted octanol–water partition coefficient (Wildman–Crippen LogP) is 3.05. The lowest BCUT2D eigenvalue weighted by Crippen LogP contribution is -2.27. The highest BCUT2D eigenvalue weighted by atomic mass is 35.5. The molecule has 0 radical (unpaired) electrons. The summed E-state index contributed by atoms with van der Waals surface area (Å²) in [5.74, 6) is 0.785. The van der Waals surface area contributed by atoms with Gasteiger partial charge < -0.3 is 9.64 Å². The maximum absolute atomic E-state index is 11.4. The van der Waals surface area contributed by atoms with Crippen LogP contribution in [0.25, 0.3) is 10.8 Å². The largest absolute Gasteiger partial charge is 0.497 e. The van der Waals surface area contributed by atoms with Crippen LogP contribution in [0.1, 0.15) is 5.56 Å². The van der Waals surface area contributed by atoms with Crippen LogP contribution in [0.15, 0.2) is 36.4 Å². The lowest BCUT2D eigenvalue weighted by atomic mass is 10.1. The third-order valence-corrected chi connectivity index (χ3v) is 3.30. The van der Waals surface area contributed by atoms with E-state index in [4.69, 9.17) is 16.3 Å². The van der Waals surface area contributed by atoms with Gasteiger partial charge in [0.25, 0.3) is 0 Å². The van der Waals surface area contributed by atoms with Gasteiger partial charge in [0.15, 0.2) is 0 Å². The summed E-state index contributed by atoms with van der Waals surface area (Å²) in [7, 11) is 3.41. The van der Waals surface area contributed by atoms with Crippen LogP contribution in [0.4, 0.5) is 0 Å². The zero-order chi connectivity index (χ0) is 13.8. The maximum atomic E-state index is 11.4. The Morgan fingerprint density at radius 2 is 1.89 bits per heavy atom. The Morgan fingerprint density at radius 3 is 2.58 bits per heavy atom. The number of halogens is 1. The highest BCUT2D eigenvalue weighted by molar-refractivity contribution is 6.27. The summed E-state index contributed by atoms with van der Waals surface area (Å²) in [6, 6.07) is 12.1. The van der Waals surface area contributed by atoms with Gasteiger partial charge in [-0.05, 0) is 34.5 Å². The van der Waals surface area contributed by atoms with Crippen molar-refractivity contribution in [2.45, 2.75) is 6.54 Å². The van der Waals surface area contributed by atoms with E-state index in [-0.39, 0.29) is 11.8 Å². The molecule has 0 aromatic heterocycles. The van der Waals surface area contributed by atoms with Crippen molar-refractivity contribution in [3.63, 3.8) is 0 Å². The van der Waals surface area contributed by atoms with Crippen molar-refractivity contribution in [1.29, 1.82) is 0 Å². The van der Waals surface area contributed by atoms with Gasteiger partial charge in [0.1, 0.15) is 11.6 Å². The molecule has 0 unspecified atom stereocenters. The monoisotopic (exact) mass is 277 g/mol. The van der Waals surface area contributed by atoms with E-state index in [1.165, 1.54) is 0 Å². The minimum Gasteiger partial charge on any atom is -0.497 e. The molecule has 0 saturated heterocycles. The first-order valence-electron chi connectivity index (χ1n) is 6.00. The zero-order valence-corrected chi connectivity index (χ0v) is 11.8. The summed E-state index contributed by atoms with van der Waals surface area (Å²) in [4.78, 5) is 13.1. The molecule has 0 heterocycles. The van der Waals surface area contributed by atoms with Crippen LogP contribution in [0.3, 0.4) is 0 Å². The third kappa shape index (κ3) is 3.18. The van der Waals surface area contributed by atoms with Crippen LogP contribution in [0.2, 0.25) is 0 Å². The van der Waals surface area contributed by atoms with Crippen LogP contribution < -0.4 is 4.74 Å². The van der Waals surface area contributed by atoms with E-state index in [1.54, 1.807) is 19.1 Å². The molecule has 0 N–H and O–H groups in total. The number of amides is 1. The zero-order valence-electron chi connectivity index (χ0n) is 11.0. The van der Waals surface area contributed by atoms with Gasteiger partial charge in [0, 0.05) is 13.6 Å². The van der Waals surface area contributed by atoms with Crippen molar-refractivity contribution in [3.8, 4) is 5.75 Å². The molecule has 2 aromatic rings. The van der Waals surface area contributed by atoms with Crippen molar-refractivity contribution < 1.29 is 9.53 Å². The molecular formula is C15H16ClNO2. The highest BCUT2D eigenvalue weighted by Crippen LogP contribution is 2.22. The third-order valence-electron chi connectivity index (χ3n) is 3.07. The first-order chi connectivity index (χ1) is 9.13. The number of ether oxygens (including phenoxy) is 1. The summed E-state index contributed by atoms with van der Waals surface area (Å²) < 4.78 is 5.20. The number of carbonyl (C=O) groups is 1. The lowest BCUT2D eigenvalue weighted by Gasteiger charge is -2.16. The minimum atomic E-state index is -0.0727. The van der Waals surface area contributed by atoms with Crippen molar-refractivity contribution in [2.75, 3.05) is 20.0 Å². The van der Waals surface area contributed by atoms with Crippen LogP contribution in [0, 0.1) is 0 Å². The molecule has 100 valence electrons. The molecule has 4 heteroatoms.